The van der Waals surface area contributed by atoms with Crippen LogP contribution in [0.15, 0.2) is 48.5 Å². The normalized spacial score (nSPS) is 9.68. The minimum Gasteiger partial charge on any atom is -0.457 e. The van der Waals surface area contributed by atoms with Gasteiger partial charge in [0.2, 0.25) is 0 Å². The Hall–Kier alpha value is -2.67. The fraction of sp³-hybridized carbons (Fsp3) is 0.0667. The van der Waals surface area contributed by atoms with Crippen LogP contribution in [-0.4, -0.2) is 5.97 Å². The highest BCUT2D eigenvalue weighted by Crippen LogP contribution is 2.12. The highest BCUT2D eigenvalue weighted by atomic mass is 19.1. The van der Waals surface area contributed by atoms with Gasteiger partial charge in [0.15, 0.2) is 0 Å². The van der Waals surface area contributed by atoms with Crippen molar-refractivity contribution in [3.63, 3.8) is 0 Å². The molecular weight excluding hydrogens is 245 g/mol. The van der Waals surface area contributed by atoms with E-state index < -0.39 is 11.8 Å². The van der Waals surface area contributed by atoms with E-state index in [9.17, 15) is 9.18 Å². The molecule has 2 rings (SSSR count). The summed E-state index contributed by atoms with van der Waals surface area (Å²) in [6.45, 7) is 0.0654. The van der Waals surface area contributed by atoms with E-state index in [2.05, 4.69) is 0 Å². The van der Waals surface area contributed by atoms with Crippen molar-refractivity contribution in [3.05, 3.63) is 71.0 Å². The van der Waals surface area contributed by atoms with Crippen molar-refractivity contribution in [1.29, 1.82) is 5.26 Å². The summed E-state index contributed by atoms with van der Waals surface area (Å²) in [6, 6.07) is 14.5. The minimum absolute atomic E-state index is 0.0654. The molecule has 0 spiro atoms. The van der Waals surface area contributed by atoms with Gasteiger partial charge in [0.05, 0.1) is 17.2 Å². The molecule has 0 aliphatic rings. The number of halogens is 1. The number of esters is 1. The first-order valence-corrected chi connectivity index (χ1v) is 5.61. The van der Waals surface area contributed by atoms with Gasteiger partial charge in [-0.15, -0.1) is 0 Å². The van der Waals surface area contributed by atoms with Crippen LogP contribution >= 0.6 is 0 Å². The maximum absolute atomic E-state index is 13.5. The van der Waals surface area contributed by atoms with Crippen molar-refractivity contribution in [2.45, 2.75) is 6.61 Å². The first-order valence-electron chi connectivity index (χ1n) is 5.61. The third-order valence-corrected chi connectivity index (χ3v) is 2.53. The fourth-order valence-electron chi connectivity index (χ4n) is 1.55. The Balaban J connectivity index is 2.10. The lowest BCUT2D eigenvalue weighted by atomic mass is 10.1. The molecule has 94 valence electrons. The molecule has 0 saturated heterocycles. The highest BCUT2D eigenvalue weighted by Gasteiger charge is 2.14. The Morgan fingerprint density at radius 1 is 1.21 bits per heavy atom. The Kier molecular flexibility index (Phi) is 3.89. The lowest BCUT2D eigenvalue weighted by molar-refractivity contribution is 0.0467. The Bertz CT molecular complexity index is 632. The van der Waals surface area contributed by atoms with Crippen LogP contribution in [0.5, 0.6) is 0 Å². The van der Waals surface area contributed by atoms with E-state index in [1.165, 1.54) is 12.1 Å². The van der Waals surface area contributed by atoms with Crippen LogP contribution in [0.1, 0.15) is 21.5 Å². The maximum atomic E-state index is 13.5. The first-order chi connectivity index (χ1) is 9.20. The molecule has 0 radical (unpaired) electrons. The molecule has 0 aliphatic heterocycles. The number of hydrogen-bond acceptors (Lipinski definition) is 3. The summed E-state index contributed by atoms with van der Waals surface area (Å²) in [6.07, 6.45) is 0. The molecule has 0 saturated carbocycles. The summed E-state index contributed by atoms with van der Waals surface area (Å²) in [7, 11) is 0. The largest absolute Gasteiger partial charge is 0.457 e. The van der Waals surface area contributed by atoms with Crippen molar-refractivity contribution in [3.8, 4) is 6.07 Å². The van der Waals surface area contributed by atoms with Gasteiger partial charge >= 0.3 is 5.97 Å². The monoisotopic (exact) mass is 255 g/mol. The van der Waals surface area contributed by atoms with Gasteiger partial charge in [-0.1, -0.05) is 30.3 Å². The molecule has 0 aromatic heterocycles. The molecule has 0 bridgehead atoms. The number of ether oxygens (including phenoxy) is 1. The van der Waals surface area contributed by atoms with Crippen LogP contribution in [0.3, 0.4) is 0 Å². The summed E-state index contributed by atoms with van der Waals surface area (Å²) in [5.74, 6) is -1.48. The molecule has 0 fully saturated rings. The SMILES string of the molecule is N#Cc1ccc(F)c(C(=O)OCc2ccccc2)c1. The van der Waals surface area contributed by atoms with Gasteiger partial charge in [-0.2, -0.15) is 5.26 Å². The predicted octanol–water partition coefficient (Wildman–Crippen LogP) is 3.05. The molecule has 0 aliphatic carbocycles. The van der Waals surface area contributed by atoms with E-state index in [1.807, 2.05) is 24.3 Å². The van der Waals surface area contributed by atoms with Crippen LogP contribution < -0.4 is 0 Å². The Labute approximate surface area is 109 Å². The minimum atomic E-state index is -0.779. The third-order valence-electron chi connectivity index (χ3n) is 2.53. The van der Waals surface area contributed by atoms with Gasteiger partial charge in [-0.25, -0.2) is 9.18 Å². The van der Waals surface area contributed by atoms with Crippen LogP contribution in [-0.2, 0) is 11.3 Å². The van der Waals surface area contributed by atoms with Crippen molar-refractivity contribution < 1.29 is 13.9 Å². The van der Waals surface area contributed by atoms with E-state index >= 15 is 0 Å². The topological polar surface area (TPSA) is 50.1 Å². The first kappa shape index (κ1) is 12.8. The Morgan fingerprint density at radius 2 is 1.95 bits per heavy atom. The molecule has 19 heavy (non-hydrogen) atoms. The smallest absolute Gasteiger partial charge is 0.341 e. The number of rotatable bonds is 3. The number of nitriles is 1. The second-order valence-electron chi connectivity index (χ2n) is 3.87. The number of benzene rings is 2. The van der Waals surface area contributed by atoms with Crippen LogP contribution in [0.2, 0.25) is 0 Å². The maximum Gasteiger partial charge on any atom is 0.341 e. The summed E-state index contributed by atoms with van der Waals surface area (Å²) >= 11 is 0. The molecule has 0 atom stereocenters. The fourth-order valence-corrected chi connectivity index (χ4v) is 1.55. The zero-order chi connectivity index (χ0) is 13.7. The van der Waals surface area contributed by atoms with Crippen LogP contribution in [0.4, 0.5) is 4.39 Å². The second-order valence-corrected chi connectivity index (χ2v) is 3.87. The number of carbonyl (C=O) groups excluding carboxylic acids is 1. The van der Waals surface area contributed by atoms with Gasteiger partial charge in [0.25, 0.3) is 0 Å². The second kappa shape index (κ2) is 5.78. The molecule has 0 heterocycles. The predicted molar refractivity (Wildman–Crippen MR) is 66.7 cm³/mol. The molecule has 3 nitrogen and oxygen atoms in total. The average Bonchev–Trinajstić information content (AvgIpc) is 2.46. The van der Waals surface area contributed by atoms with Gasteiger partial charge in [0, 0.05) is 0 Å². The molecular formula is C15H10FNO2. The van der Waals surface area contributed by atoms with Gasteiger partial charge < -0.3 is 4.74 Å². The zero-order valence-corrected chi connectivity index (χ0v) is 9.97. The van der Waals surface area contributed by atoms with E-state index in [0.29, 0.717) is 0 Å². The quantitative estimate of drug-likeness (QED) is 0.792. The third kappa shape index (κ3) is 3.17. The molecule has 2 aromatic carbocycles. The van der Waals surface area contributed by atoms with E-state index in [-0.39, 0.29) is 17.7 Å². The standard InChI is InChI=1S/C15H10FNO2/c16-14-7-6-12(9-17)8-13(14)15(18)19-10-11-4-2-1-3-5-11/h1-8H,10H2. The summed E-state index contributed by atoms with van der Waals surface area (Å²) < 4.78 is 18.5. The van der Waals surface area contributed by atoms with Crippen molar-refractivity contribution in [2.75, 3.05) is 0 Å². The van der Waals surface area contributed by atoms with Crippen molar-refractivity contribution >= 4 is 5.97 Å². The van der Waals surface area contributed by atoms with Gasteiger partial charge in [-0.3, -0.25) is 0 Å². The van der Waals surface area contributed by atoms with E-state index in [1.54, 1.807) is 12.1 Å². The van der Waals surface area contributed by atoms with Crippen molar-refractivity contribution in [2.24, 2.45) is 0 Å². The summed E-state index contributed by atoms with van der Waals surface area (Å²) in [5.41, 5.74) is 0.802. The zero-order valence-electron chi connectivity index (χ0n) is 9.97. The Morgan fingerprint density at radius 3 is 2.63 bits per heavy atom. The lowest BCUT2D eigenvalue weighted by Crippen LogP contribution is -2.08. The summed E-state index contributed by atoms with van der Waals surface area (Å²) in [5, 5.41) is 8.72. The summed E-state index contributed by atoms with van der Waals surface area (Å²) in [4.78, 5) is 11.7. The molecule has 4 heteroatoms. The van der Waals surface area contributed by atoms with E-state index in [0.717, 1.165) is 11.6 Å². The number of carbonyl (C=O) groups is 1. The van der Waals surface area contributed by atoms with Gasteiger partial charge in [0.1, 0.15) is 12.4 Å². The van der Waals surface area contributed by atoms with E-state index in [4.69, 9.17) is 10.00 Å². The number of nitrogens with zero attached hydrogens (tertiary/aromatic N) is 1. The molecule has 0 amide bonds. The van der Waals surface area contributed by atoms with Gasteiger partial charge in [-0.05, 0) is 23.8 Å². The van der Waals surface area contributed by atoms with Crippen LogP contribution in [0, 0.1) is 17.1 Å². The van der Waals surface area contributed by atoms with Crippen LogP contribution in [0.25, 0.3) is 0 Å². The average molecular weight is 255 g/mol. The van der Waals surface area contributed by atoms with Crippen molar-refractivity contribution in [1.82, 2.24) is 0 Å². The molecule has 0 N–H and O–H groups in total. The molecule has 2 aromatic rings. The molecule has 0 unspecified atom stereocenters. The number of hydrogen-bond donors (Lipinski definition) is 0. The highest BCUT2D eigenvalue weighted by molar-refractivity contribution is 5.90. The lowest BCUT2D eigenvalue weighted by Gasteiger charge is -2.06.